The average Bonchev–Trinajstić information content (AvgIpc) is 3.45. The van der Waals surface area contributed by atoms with E-state index in [0.717, 1.165) is 22.7 Å². The Morgan fingerprint density at radius 1 is 1.22 bits per heavy atom. The predicted octanol–water partition coefficient (Wildman–Crippen LogP) is 5.50. The number of halogens is 4. The topological polar surface area (TPSA) is 81.5 Å². The van der Waals surface area contributed by atoms with Crippen molar-refractivity contribution in [1.82, 2.24) is 14.7 Å². The number of carbonyl (C=O) groups excluding carboxylic acids is 3. The van der Waals surface area contributed by atoms with Crippen molar-refractivity contribution in [3.63, 3.8) is 0 Å². The van der Waals surface area contributed by atoms with Crippen LogP contribution in [0.25, 0.3) is 17.0 Å². The van der Waals surface area contributed by atoms with Crippen LogP contribution in [0, 0.1) is 0 Å². The van der Waals surface area contributed by atoms with Gasteiger partial charge in [-0.1, -0.05) is 23.7 Å². The molecule has 2 heterocycles. The number of carbonyl (C=O) groups is 3. The number of alkyl halides is 3. The lowest BCUT2D eigenvalue weighted by atomic mass is 10.1. The Morgan fingerprint density at radius 3 is 2.64 bits per heavy atom. The van der Waals surface area contributed by atoms with Gasteiger partial charge in [-0.3, -0.25) is 19.2 Å². The van der Waals surface area contributed by atoms with Gasteiger partial charge in [0.25, 0.3) is 11.1 Å². The summed E-state index contributed by atoms with van der Waals surface area (Å²) in [5.41, 5.74) is -0.849. The molecular weight excluding hydrogens is 519 g/mol. The monoisotopic (exact) mass is 535 g/mol. The maximum Gasteiger partial charge on any atom is 0.416 e. The molecule has 1 aromatic heterocycles. The fraction of sp³-hybridized carbons (Fsp3) is 0.250. The zero-order valence-electron chi connectivity index (χ0n) is 18.6. The number of fused-ring (bicyclic) bond motifs is 1. The Bertz CT molecular complexity index is 1460. The average molecular weight is 536 g/mol. The molecule has 0 N–H and O–H groups in total. The molecule has 2 aromatic carbocycles. The lowest BCUT2D eigenvalue weighted by Gasteiger charge is -2.21. The van der Waals surface area contributed by atoms with E-state index in [4.69, 9.17) is 16.3 Å². The van der Waals surface area contributed by atoms with Gasteiger partial charge in [-0.25, -0.2) is 4.79 Å². The van der Waals surface area contributed by atoms with Crippen LogP contribution in [-0.2, 0) is 27.0 Å². The minimum atomic E-state index is -4.56. The number of benzene rings is 2. The second-order valence-corrected chi connectivity index (χ2v) is 9.89. The second-order valence-electron chi connectivity index (χ2n) is 8.46. The zero-order valence-corrected chi connectivity index (χ0v) is 20.2. The molecule has 1 saturated heterocycles. The molecule has 2 fully saturated rings. The SMILES string of the molecule is COC(=O)C1(N2C(=O)S/C(=C/c3ccc4c(cnn4Cc4ccc(Cl)cc4C(F)(F)F)c3)C2=O)CC1. The molecule has 186 valence electrons. The highest BCUT2D eigenvalue weighted by Gasteiger charge is 2.62. The summed E-state index contributed by atoms with van der Waals surface area (Å²) in [5, 5.41) is 4.32. The normalized spacial score (nSPS) is 18.4. The summed E-state index contributed by atoms with van der Waals surface area (Å²) in [5.74, 6) is -1.18. The molecule has 1 saturated carbocycles. The van der Waals surface area contributed by atoms with E-state index in [0.29, 0.717) is 29.3 Å². The Hall–Kier alpha value is -3.31. The van der Waals surface area contributed by atoms with Gasteiger partial charge in [0, 0.05) is 10.4 Å². The van der Waals surface area contributed by atoms with Crippen molar-refractivity contribution in [3.8, 4) is 0 Å². The molecule has 0 bridgehead atoms. The highest BCUT2D eigenvalue weighted by atomic mass is 35.5. The Labute approximate surface area is 211 Å². The maximum atomic E-state index is 13.5. The third kappa shape index (κ3) is 4.16. The summed E-state index contributed by atoms with van der Waals surface area (Å²) < 4.78 is 46.6. The molecule has 0 radical (unpaired) electrons. The van der Waals surface area contributed by atoms with Gasteiger partial charge in [0.2, 0.25) is 0 Å². The fourth-order valence-electron chi connectivity index (χ4n) is 4.25. The second kappa shape index (κ2) is 8.67. The maximum absolute atomic E-state index is 13.5. The summed E-state index contributed by atoms with van der Waals surface area (Å²) in [6, 6.07) is 8.68. The zero-order chi connectivity index (χ0) is 25.8. The summed E-state index contributed by atoms with van der Waals surface area (Å²) in [6.45, 7) is -0.122. The first kappa shape index (κ1) is 24.4. The molecule has 2 amide bonds. The van der Waals surface area contributed by atoms with E-state index in [1.54, 1.807) is 18.2 Å². The van der Waals surface area contributed by atoms with Crippen LogP contribution in [0.15, 0.2) is 47.5 Å². The number of hydrogen-bond donors (Lipinski definition) is 0. The van der Waals surface area contributed by atoms with E-state index in [2.05, 4.69) is 5.10 Å². The third-order valence-electron chi connectivity index (χ3n) is 6.17. The summed E-state index contributed by atoms with van der Waals surface area (Å²) >= 11 is 6.51. The lowest BCUT2D eigenvalue weighted by Crippen LogP contribution is -2.46. The van der Waals surface area contributed by atoms with Gasteiger partial charge in [0.15, 0.2) is 0 Å². The number of imide groups is 1. The van der Waals surface area contributed by atoms with Crippen LogP contribution >= 0.6 is 23.4 Å². The quantitative estimate of drug-likeness (QED) is 0.317. The van der Waals surface area contributed by atoms with Gasteiger partial charge < -0.3 is 4.74 Å². The van der Waals surface area contributed by atoms with Crippen molar-refractivity contribution in [1.29, 1.82) is 0 Å². The number of hydrogen-bond acceptors (Lipinski definition) is 6. The molecule has 5 rings (SSSR count). The third-order valence-corrected chi connectivity index (χ3v) is 7.28. The number of nitrogens with zero attached hydrogens (tertiary/aromatic N) is 3. The first-order valence-corrected chi connectivity index (χ1v) is 11.9. The van der Waals surface area contributed by atoms with Crippen molar-refractivity contribution < 1.29 is 32.3 Å². The van der Waals surface area contributed by atoms with Gasteiger partial charge in [-0.05, 0) is 66.1 Å². The van der Waals surface area contributed by atoms with E-state index < -0.39 is 34.4 Å². The van der Waals surface area contributed by atoms with Crippen molar-refractivity contribution in [3.05, 3.63) is 69.2 Å². The summed E-state index contributed by atoms with van der Waals surface area (Å²) in [7, 11) is 1.21. The molecule has 2 aliphatic rings. The standard InChI is InChI=1S/C24H17ClF3N3O4S/c1-35-21(33)23(6-7-23)31-20(32)19(36-22(31)34)9-13-2-5-18-15(8-13)11-29-30(18)12-14-3-4-16(25)10-17(14)24(26,27)28/h2-5,8-11H,6-7,12H2,1H3/b19-9+. The molecule has 1 aliphatic carbocycles. The highest BCUT2D eigenvalue weighted by molar-refractivity contribution is 8.18. The molecular formula is C24H17ClF3N3O4S. The van der Waals surface area contributed by atoms with Crippen LogP contribution in [0.2, 0.25) is 5.02 Å². The van der Waals surface area contributed by atoms with Crippen LogP contribution in [0.5, 0.6) is 0 Å². The van der Waals surface area contributed by atoms with Gasteiger partial charge >= 0.3 is 12.1 Å². The van der Waals surface area contributed by atoms with Crippen LogP contribution in [0.4, 0.5) is 18.0 Å². The predicted molar refractivity (Wildman–Crippen MR) is 127 cm³/mol. The number of aromatic nitrogens is 2. The molecule has 0 spiro atoms. The molecule has 1 aliphatic heterocycles. The van der Waals surface area contributed by atoms with Crippen molar-refractivity contribution in [2.24, 2.45) is 0 Å². The Kier molecular flexibility index (Phi) is 5.87. The van der Waals surface area contributed by atoms with Gasteiger partial charge in [0.1, 0.15) is 5.54 Å². The Balaban J connectivity index is 1.42. The molecule has 36 heavy (non-hydrogen) atoms. The number of thioether (sulfide) groups is 1. The lowest BCUT2D eigenvalue weighted by molar-refractivity contribution is -0.150. The van der Waals surface area contributed by atoms with E-state index in [-0.39, 0.29) is 22.0 Å². The number of methoxy groups -OCH3 is 1. The van der Waals surface area contributed by atoms with Crippen molar-refractivity contribution >= 4 is 57.5 Å². The summed E-state index contributed by atoms with van der Waals surface area (Å²) in [4.78, 5) is 38.7. The van der Waals surface area contributed by atoms with Crippen molar-refractivity contribution in [2.45, 2.75) is 31.1 Å². The van der Waals surface area contributed by atoms with E-state index in [9.17, 15) is 27.6 Å². The number of esters is 1. The van der Waals surface area contributed by atoms with Crippen LogP contribution in [0.3, 0.4) is 0 Å². The molecule has 0 unspecified atom stereocenters. The molecule has 12 heteroatoms. The summed E-state index contributed by atoms with van der Waals surface area (Å²) in [6.07, 6.45) is -0.792. The fourth-order valence-corrected chi connectivity index (χ4v) is 5.33. The van der Waals surface area contributed by atoms with E-state index in [1.165, 1.54) is 36.2 Å². The first-order valence-electron chi connectivity index (χ1n) is 10.7. The number of amides is 2. The van der Waals surface area contributed by atoms with Gasteiger partial charge in [-0.15, -0.1) is 0 Å². The van der Waals surface area contributed by atoms with Crippen LogP contribution in [0.1, 0.15) is 29.5 Å². The smallest absolute Gasteiger partial charge is 0.416 e. The minimum absolute atomic E-state index is 0.00959. The van der Waals surface area contributed by atoms with E-state index in [1.807, 2.05) is 0 Å². The molecule has 3 aromatic rings. The molecule has 7 nitrogen and oxygen atoms in total. The van der Waals surface area contributed by atoms with E-state index >= 15 is 0 Å². The minimum Gasteiger partial charge on any atom is -0.467 e. The first-order chi connectivity index (χ1) is 17.0. The van der Waals surface area contributed by atoms with Gasteiger partial charge in [0.05, 0.1) is 35.8 Å². The Morgan fingerprint density at radius 2 is 1.97 bits per heavy atom. The highest BCUT2D eigenvalue weighted by Crippen LogP contribution is 2.49. The molecule has 0 atom stereocenters. The van der Waals surface area contributed by atoms with Gasteiger partial charge in [-0.2, -0.15) is 18.3 Å². The number of ether oxygens (including phenoxy) is 1. The van der Waals surface area contributed by atoms with Crippen LogP contribution < -0.4 is 0 Å². The van der Waals surface area contributed by atoms with Crippen molar-refractivity contribution in [2.75, 3.05) is 7.11 Å². The van der Waals surface area contributed by atoms with Crippen LogP contribution in [-0.4, -0.2) is 44.4 Å². The largest absolute Gasteiger partial charge is 0.467 e. The number of rotatable bonds is 5.